The molecule has 0 saturated carbocycles. The maximum atomic E-state index is 5.56. The molecule has 0 bridgehead atoms. The first kappa shape index (κ1) is 23.3. The van der Waals surface area contributed by atoms with E-state index in [-0.39, 0.29) is 6.04 Å². The zero-order valence-electron chi connectivity index (χ0n) is 19.4. The maximum absolute atomic E-state index is 5.56. The Bertz CT molecular complexity index is 825. The van der Waals surface area contributed by atoms with Crippen LogP contribution in [0.1, 0.15) is 61.2 Å². The number of aliphatic imine (C=N–C) groups is 1. The van der Waals surface area contributed by atoms with Crippen molar-refractivity contribution in [1.29, 1.82) is 0 Å². The first-order valence-corrected chi connectivity index (χ1v) is 11.4. The molecule has 1 aromatic heterocycles. The lowest BCUT2D eigenvalue weighted by Gasteiger charge is -2.35. The number of nitrogens with zero attached hydrogens (tertiary/aromatic N) is 3. The summed E-state index contributed by atoms with van der Waals surface area (Å²) < 4.78 is 11.1. The van der Waals surface area contributed by atoms with Crippen LogP contribution in [0.4, 0.5) is 0 Å². The number of benzene rings is 1. The average Bonchev–Trinajstić information content (AvgIpc) is 3.26. The number of aromatic nitrogens is 1. The first-order chi connectivity index (χ1) is 15.1. The van der Waals surface area contributed by atoms with Gasteiger partial charge in [0.1, 0.15) is 0 Å². The highest BCUT2D eigenvalue weighted by Gasteiger charge is 2.23. The van der Waals surface area contributed by atoms with E-state index in [9.17, 15) is 0 Å². The van der Waals surface area contributed by atoms with Crippen LogP contribution in [0.2, 0.25) is 0 Å². The van der Waals surface area contributed by atoms with Crippen LogP contribution in [0.5, 0.6) is 0 Å². The highest BCUT2D eigenvalue weighted by molar-refractivity contribution is 5.79. The number of nitrogens with one attached hydrogen (secondary N) is 2. The lowest BCUT2D eigenvalue weighted by molar-refractivity contribution is 0.0170. The molecule has 0 spiro atoms. The topological polar surface area (TPSA) is 74.9 Å². The van der Waals surface area contributed by atoms with Gasteiger partial charge < -0.3 is 19.9 Å². The van der Waals surface area contributed by atoms with Crippen LogP contribution in [0.15, 0.2) is 39.8 Å². The summed E-state index contributed by atoms with van der Waals surface area (Å²) in [6.45, 7) is 11.3. The Morgan fingerprint density at radius 3 is 2.61 bits per heavy atom. The van der Waals surface area contributed by atoms with Crippen LogP contribution < -0.4 is 10.6 Å². The van der Waals surface area contributed by atoms with Gasteiger partial charge in [0.05, 0.1) is 31.5 Å². The van der Waals surface area contributed by atoms with Crippen LogP contribution in [-0.4, -0.2) is 55.9 Å². The highest BCUT2D eigenvalue weighted by Crippen LogP contribution is 2.23. The number of hydrogen-bond donors (Lipinski definition) is 2. The van der Waals surface area contributed by atoms with Crippen molar-refractivity contribution in [3.05, 3.63) is 52.9 Å². The van der Waals surface area contributed by atoms with E-state index in [0.717, 1.165) is 63.1 Å². The zero-order chi connectivity index (χ0) is 22.1. The third-order valence-electron chi connectivity index (χ3n) is 6.01. The van der Waals surface area contributed by atoms with E-state index >= 15 is 0 Å². The lowest BCUT2D eigenvalue weighted by atomic mass is 9.99. The Morgan fingerprint density at radius 2 is 1.94 bits per heavy atom. The first-order valence-electron chi connectivity index (χ1n) is 11.4. The summed E-state index contributed by atoms with van der Waals surface area (Å²) in [5.74, 6) is 2.04. The number of hydrogen-bond acceptors (Lipinski definition) is 5. The number of ether oxygens (including phenoxy) is 1. The minimum atomic E-state index is 0.258. The molecule has 7 heteroatoms. The molecule has 1 saturated heterocycles. The monoisotopic (exact) mass is 427 g/mol. The molecule has 2 heterocycles. The van der Waals surface area contributed by atoms with Gasteiger partial charge in [0.25, 0.3) is 0 Å². The van der Waals surface area contributed by atoms with Gasteiger partial charge in [-0.2, -0.15) is 0 Å². The van der Waals surface area contributed by atoms with Crippen molar-refractivity contribution in [3.63, 3.8) is 0 Å². The molecule has 0 amide bonds. The minimum Gasteiger partial charge on any atom is -0.379 e. The highest BCUT2D eigenvalue weighted by atomic mass is 16.5. The Kier molecular flexibility index (Phi) is 8.91. The molecule has 7 nitrogen and oxygen atoms in total. The van der Waals surface area contributed by atoms with E-state index in [4.69, 9.17) is 9.26 Å². The summed E-state index contributed by atoms with van der Waals surface area (Å²) in [4.78, 5) is 6.88. The Labute approximate surface area is 186 Å². The van der Waals surface area contributed by atoms with Crippen LogP contribution in [0.25, 0.3) is 0 Å². The molecule has 170 valence electrons. The minimum absolute atomic E-state index is 0.258. The predicted octanol–water partition coefficient (Wildman–Crippen LogP) is 3.63. The average molecular weight is 428 g/mol. The van der Waals surface area contributed by atoms with Crippen molar-refractivity contribution in [2.75, 3.05) is 39.9 Å². The molecule has 2 aromatic rings. The molecule has 1 aliphatic heterocycles. The molecule has 0 aliphatic carbocycles. The normalized spacial score (nSPS) is 16.5. The second-order valence-corrected chi connectivity index (χ2v) is 8.12. The lowest BCUT2D eigenvalue weighted by Crippen LogP contribution is -2.46. The Balaban J connectivity index is 1.60. The SMILES string of the molecule is CCC(CC)c1cc(CNC(=NC)NCC(c2cccc(C)c2)N2CCOCC2)on1. The zero-order valence-corrected chi connectivity index (χ0v) is 19.4. The van der Waals surface area contributed by atoms with E-state index in [1.165, 1.54) is 11.1 Å². The fourth-order valence-corrected chi connectivity index (χ4v) is 4.12. The van der Waals surface area contributed by atoms with E-state index in [1.54, 1.807) is 7.05 Å². The van der Waals surface area contributed by atoms with Crippen molar-refractivity contribution in [2.45, 2.75) is 52.1 Å². The molecule has 1 aromatic carbocycles. The van der Waals surface area contributed by atoms with Gasteiger partial charge >= 0.3 is 0 Å². The fraction of sp³-hybridized carbons (Fsp3) is 0.583. The van der Waals surface area contributed by atoms with E-state index < -0.39 is 0 Å². The summed E-state index contributed by atoms with van der Waals surface area (Å²) in [6.07, 6.45) is 2.14. The molecule has 3 rings (SSSR count). The molecule has 31 heavy (non-hydrogen) atoms. The molecular formula is C24H37N5O2. The van der Waals surface area contributed by atoms with Crippen LogP contribution in [0.3, 0.4) is 0 Å². The van der Waals surface area contributed by atoms with Gasteiger partial charge in [-0.15, -0.1) is 0 Å². The summed E-state index contributed by atoms with van der Waals surface area (Å²) in [7, 11) is 1.79. The van der Waals surface area contributed by atoms with Crippen molar-refractivity contribution >= 4 is 5.96 Å². The molecule has 1 atom stereocenters. The Hall–Kier alpha value is -2.38. The van der Waals surface area contributed by atoms with Gasteiger partial charge in [0.2, 0.25) is 0 Å². The van der Waals surface area contributed by atoms with E-state index in [0.29, 0.717) is 12.5 Å². The van der Waals surface area contributed by atoms with Crippen molar-refractivity contribution < 1.29 is 9.26 Å². The van der Waals surface area contributed by atoms with Gasteiger partial charge in [-0.05, 0) is 25.3 Å². The number of rotatable bonds is 9. The summed E-state index contributed by atoms with van der Waals surface area (Å²) in [6, 6.07) is 11.1. The number of aryl methyl sites for hydroxylation is 1. The molecule has 2 N–H and O–H groups in total. The molecule has 0 radical (unpaired) electrons. The van der Waals surface area contributed by atoms with Crippen LogP contribution in [0, 0.1) is 6.92 Å². The van der Waals surface area contributed by atoms with Crippen molar-refractivity contribution in [2.24, 2.45) is 4.99 Å². The Morgan fingerprint density at radius 1 is 1.16 bits per heavy atom. The molecular weight excluding hydrogens is 390 g/mol. The van der Waals surface area contributed by atoms with E-state index in [2.05, 4.69) is 76.8 Å². The van der Waals surface area contributed by atoms with Crippen LogP contribution >= 0.6 is 0 Å². The maximum Gasteiger partial charge on any atom is 0.191 e. The van der Waals surface area contributed by atoms with Crippen LogP contribution in [-0.2, 0) is 11.3 Å². The summed E-state index contributed by atoms with van der Waals surface area (Å²) >= 11 is 0. The third kappa shape index (κ3) is 6.55. The van der Waals surface area contributed by atoms with Crippen molar-refractivity contribution in [3.8, 4) is 0 Å². The van der Waals surface area contributed by atoms with Gasteiger partial charge in [-0.1, -0.05) is 48.8 Å². The van der Waals surface area contributed by atoms with Crippen molar-refractivity contribution in [1.82, 2.24) is 20.7 Å². The quantitative estimate of drug-likeness (QED) is 0.470. The second-order valence-electron chi connectivity index (χ2n) is 8.12. The van der Waals surface area contributed by atoms with Gasteiger partial charge in [-0.3, -0.25) is 9.89 Å². The fourth-order valence-electron chi connectivity index (χ4n) is 4.12. The second kappa shape index (κ2) is 11.9. The number of guanidine groups is 1. The standard InChI is InChI=1S/C24H37N5O2/c1-5-19(6-2)22-15-21(31-28-22)16-26-24(25-4)27-17-23(29-10-12-30-13-11-29)20-9-7-8-18(3)14-20/h7-9,14-15,19,23H,5-6,10-13,16-17H2,1-4H3,(H2,25,26,27). The molecule has 1 fully saturated rings. The predicted molar refractivity (Wildman–Crippen MR) is 124 cm³/mol. The number of morpholine rings is 1. The van der Waals surface area contributed by atoms with Gasteiger partial charge in [0, 0.05) is 38.7 Å². The largest absolute Gasteiger partial charge is 0.379 e. The van der Waals surface area contributed by atoms with Gasteiger partial charge in [-0.25, -0.2) is 0 Å². The third-order valence-corrected chi connectivity index (χ3v) is 6.01. The molecule has 1 unspecified atom stereocenters. The molecule has 1 aliphatic rings. The van der Waals surface area contributed by atoms with E-state index in [1.807, 2.05) is 0 Å². The van der Waals surface area contributed by atoms with Gasteiger partial charge in [0.15, 0.2) is 11.7 Å². The smallest absolute Gasteiger partial charge is 0.191 e. The summed E-state index contributed by atoms with van der Waals surface area (Å²) in [5.41, 5.74) is 3.63. The summed E-state index contributed by atoms with van der Waals surface area (Å²) in [5, 5.41) is 11.1.